The minimum absolute atomic E-state index is 0.0428. The highest BCUT2D eigenvalue weighted by atomic mass is 16.5. The van der Waals surface area contributed by atoms with Crippen LogP contribution in [0.25, 0.3) is 0 Å². The Kier molecular flexibility index (Phi) is 6.45. The Morgan fingerprint density at radius 1 is 0.964 bits per heavy atom. The van der Waals surface area contributed by atoms with Gasteiger partial charge in [0, 0.05) is 5.56 Å². The second kappa shape index (κ2) is 9.00. The predicted octanol–water partition coefficient (Wildman–Crippen LogP) is 4.47. The molecule has 0 aliphatic heterocycles. The summed E-state index contributed by atoms with van der Waals surface area (Å²) >= 11 is 0. The van der Waals surface area contributed by atoms with E-state index in [1.807, 2.05) is 0 Å². The molecule has 0 fully saturated rings. The van der Waals surface area contributed by atoms with Crippen molar-refractivity contribution in [2.45, 2.75) is 45.1 Å². The lowest BCUT2D eigenvalue weighted by Gasteiger charge is -2.22. The van der Waals surface area contributed by atoms with Gasteiger partial charge in [-0.2, -0.15) is 0 Å². The molecule has 5 nitrogen and oxygen atoms in total. The highest BCUT2D eigenvalue weighted by Gasteiger charge is 2.20. The summed E-state index contributed by atoms with van der Waals surface area (Å²) in [5.41, 5.74) is 4.50. The summed E-state index contributed by atoms with van der Waals surface area (Å²) < 4.78 is 16.1. The number of rotatable bonds is 7. The first-order valence-corrected chi connectivity index (χ1v) is 9.83. The summed E-state index contributed by atoms with van der Waals surface area (Å²) in [5.74, 6) is 1.25. The van der Waals surface area contributed by atoms with E-state index in [4.69, 9.17) is 14.2 Å². The van der Waals surface area contributed by atoms with Crippen LogP contribution in [0.15, 0.2) is 30.3 Å². The number of aryl methyl sites for hydroxylation is 2. The van der Waals surface area contributed by atoms with Crippen molar-refractivity contribution < 1.29 is 19.0 Å². The second-order valence-corrected chi connectivity index (χ2v) is 7.08. The molecule has 1 unspecified atom stereocenters. The van der Waals surface area contributed by atoms with Crippen molar-refractivity contribution in [3.05, 3.63) is 52.6 Å². The molecule has 2 aromatic carbocycles. The van der Waals surface area contributed by atoms with Crippen molar-refractivity contribution in [3.8, 4) is 17.2 Å². The van der Waals surface area contributed by atoms with Crippen molar-refractivity contribution >= 4 is 5.91 Å². The second-order valence-electron chi connectivity index (χ2n) is 7.08. The van der Waals surface area contributed by atoms with Crippen LogP contribution in [0.1, 0.15) is 59.3 Å². The van der Waals surface area contributed by atoms with Gasteiger partial charge in [-0.25, -0.2) is 0 Å². The zero-order valence-electron chi connectivity index (χ0n) is 17.1. The molecule has 28 heavy (non-hydrogen) atoms. The third kappa shape index (κ3) is 4.08. The average Bonchev–Trinajstić information content (AvgIpc) is 2.75. The standard InChI is InChI=1S/C23H29NO4/c1-5-19(17-11-10-15-8-6-7-9-16(15)12-17)24-23(25)18-13-20(26-2)22(28-4)21(14-18)27-3/h10-14,19H,5-9H2,1-4H3,(H,24,25). The minimum Gasteiger partial charge on any atom is -0.493 e. The SMILES string of the molecule is CCC(NC(=O)c1cc(OC)c(OC)c(OC)c1)c1ccc2c(c1)CCCC2. The molecule has 1 amide bonds. The molecule has 0 bridgehead atoms. The van der Waals surface area contributed by atoms with Crippen molar-refractivity contribution in [1.82, 2.24) is 5.32 Å². The van der Waals surface area contributed by atoms with E-state index in [0.29, 0.717) is 22.8 Å². The van der Waals surface area contributed by atoms with Gasteiger partial charge in [-0.1, -0.05) is 25.1 Å². The maximum atomic E-state index is 12.9. The summed E-state index contributed by atoms with van der Waals surface area (Å²) in [5, 5.41) is 3.16. The highest BCUT2D eigenvalue weighted by Crippen LogP contribution is 2.38. The van der Waals surface area contributed by atoms with Crippen molar-refractivity contribution in [1.29, 1.82) is 0 Å². The Morgan fingerprint density at radius 3 is 2.18 bits per heavy atom. The topological polar surface area (TPSA) is 56.8 Å². The molecule has 1 aliphatic rings. The molecule has 0 saturated carbocycles. The van der Waals surface area contributed by atoms with Crippen LogP contribution in [0, 0.1) is 0 Å². The molecule has 2 aromatic rings. The molecule has 1 N–H and O–H groups in total. The van der Waals surface area contributed by atoms with E-state index in [-0.39, 0.29) is 11.9 Å². The number of amides is 1. The van der Waals surface area contributed by atoms with E-state index in [9.17, 15) is 4.79 Å². The Bertz CT molecular complexity index is 821. The summed E-state index contributed by atoms with van der Waals surface area (Å²) in [6.45, 7) is 2.08. The largest absolute Gasteiger partial charge is 0.493 e. The Balaban J connectivity index is 1.84. The van der Waals surface area contributed by atoms with Gasteiger partial charge in [-0.15, -0.1) is 0 Å². The lowest BCUT2D eigenvalue weighted by atomic mass is 9.88. The molecule has 0 spiro atoms. The van der Waals surface area contributed by atoms with Crippen LogP contribution in [0.4, 0.5) is 0 Å². The van der Waals surface area contributed by atoms with Crippen LogP contribution in [0.2, 0.25) is 0 Å². The maximum absolute atomic E-state index is 12.9. The van der Waals surface area contributed by atoms with E-state index in [1.54, 1.807) is 33.5 Å². The number of fused-ring (bicyclic) bond motifs is 1. The quantitative estimate of drug-likeness (QED) is 0.766. The lowest BCUT2D eigenvalue weighted by Crippen LogP contribution is -2.28. The Morgan fingerprint density at radius 2 is 1.61 bits per heavy atom. The molecular formula is C23H29NO4. The van der Waals surface area contributed by atoms with Crippen molar-refractivity contribution in [2.75, 3.05) is 21.3 Å². The van der Waals surface area contributed by atoms with Gasteiger partial charge >= 0.3 is 0 Å². The van der Waals surface area contributed by atoms with Crippen LogP contribution in [0.5, 0.6) is 17.2 Å². The third-order valence-electron chi connectivity index (χ3n) is 5.42. The van der Waals surface area contributed by atoms with Crippen LogP contribution in [-0.4, -0.2) is 27.2 Å². The lowest BCUT2D eigenvalue weighted by molar-refractivity contribution is 0.0934. The van der Waals surface area contributed by atoms with Crippen LogP contribution >= 0.6 is 0 Å². The molecule has 150 valence electrons. The van der Waals surface area contributed by atoms with Gasteiger partial charge in [0.1, 0.15) is 0 Å². The minimum atomic E-state index is -0.163. The summed E-state index contributed by atoms with van der Waals surface area (Å²) in [4.78, 5) is 12.9. The Labute approximate surface area is 167 Å². The number of hydrogen-bond donors (Lipinski definition) is 1. The number of nitrogens with one attached hydrogen (secondary N) is 1. The summed E-state index contributed by atoms with van der Waals surface area (Å²) in [7, 11) is 4.63. The number of carbonyl (C=O) groups excluding carboxylic acids is 1. The number of hydrogen-bond acceptors (Lipinski definition) is 4. The van der Waals surface area contributed by atoms with E-state index in [0.717, 1.165) is 24.8 Å². The van der Waals surface area contributed by atoms with Crippen molar-refractivity contribution in [2.24, 2.45) is 0 Å². The number of carbonyl (C=O) groups is 1. The zero-order valence-corrected chi connectivity index (χ0v) is 17.1. The molecule has 0 saturated heterocycles. The summed E-state index contributed by atoms with van der Waals surface area (Å²) in [6.07, 6.45) is 5.60. The normalized spacial score (nSPS) is 14.0. The molecule has 0 heterocycles. The fourth-order valence-electron chi connectivity index (χ4n) is 3.84. The zero-order chi connectivity index (χ0) is 20.1. The Hall–Kier alpha value is -2.69. The number of ether oxygens (including phenoxy) is 3. The van der Waals surface area contributed by atoms with Gasteiger partial charge in [-0.3, -0.25) is 4.79 Å². The molecule has 1 atom stereocenters. The fourth-order valence-corrected chi connectivity index (χ4v) is 3.84. The van der Waals surface area contributed by atoms with Gasteiger partial charge in [-0.05, 0) is 60.9 Å². The van der Waals surface area contributed by atoms with Crippen molar-refractivity contribution in [3.63, 3.8) is 0 Å². The first-order chi connectivity index (χ1) is 13.6. The maximum Gasteiger partial charge on any atom is 0.252 e. The van der Waals surface area contributed by atoms with E-state index in [1.165, 1.54) is 24.0 Å². The first-order valence-electron chi connectivity index (χ1n) is 9.83. The molecular weight excluding hydrogens is 354 g/mol. The van der Waals surface area contributed by atoms with E-state index < -0.39 is 0 Å². The van der Waals surface area contributed by atoms with Crippen LogP contribution in [0.3, 0.4) is 0 Å². The number of methoxy groups -OCH3 is 3. The first kappa shape index (κ1) is 20.1. The average molecular weight is 383 g/mol. The third-order valence-corrected chi connectivity index (χ3v) is 5.42. The molecule has 0 aromatic heterocycles. The molecule has 1 aliphatic carbocycles. The van der Waals surface area contributed by atoms with E-state index >= 15 is 0 Å². The highest BCUT2D eigenvalue weighted by molar-refractivity contribution is 5.96. The molecule has 5 heteroatoms. The monoisotopic (exact) mass is 383 g/mol. The van der Waals surface area contributed by atoms with Gasteiger partial charge < -0.3 is 19.5 Å². The van der Waals surface area contributed by atoms with Gasteiger partial charge in [0.15, 0.2) is 11.5 Å². The van der Waals surface area contributed by atoms with Gasteiger partial charge in [0.25, 0.3) is 5.91 Å². The molecule has 0 radical (unpaired) electrons. The van der Waals surface area contributed by atoms with Gasteiger partial charge in [0.05, 0.1) is 27.4 Å². The smallest absolute Gasteiger partial charge is 0.252 e. The van der Waals surface area contributed by atoms with E-state index in [2.05, 4.69) is 30.4 Å². The van der Waals surface area contributed by atoms with Crippen LogP contribution < -0.4 is 19.5 Å². The van der Waals surface area contributed by atoms with Crippen LogP contribution in [-0.2, 0) is 12.8 Å². The predicted molar refractivity (Wildman–Crippen MR) is 110 cm³/mol. The van der Waals surface area contributed by atoms with Gasteiger partial charge in [0.2, 0.25) is 5.75 Å². The summed E-state index contributed by atoms with van der Waals surface area (Å²) in [6, 6.07) is 9.94. The molecule has 3 rings (SSSR count). The number of benzene rings is 2. The fraction of sp³-hybridized carbons (Fsp3) is 0.435.